The zero-order valence-corrected chi connectivity index (χ0v) is 31.0. The van der Waals surface area contributed by atoms with Crippen LogP contribution in [0, 0.1) is 0 Å². The van der Waals surface area contributed by atoms with Crippen LogP contribution < -0.4 is 21.3 Å². The fraction of sp³-hybridized carbons (Fsp3) is 0.273. The molecule has 12 heteroatoms. The van der Waals surface area contributed by atoms with Crippen molar-refractivity contribution in [1.29, 1.82) is 0 Å². The lowest BCUT2D eigenvalue weighted by Gasteiger charge is -2.54. The van der Waals surface area contributed by atoms with Gasteiger partial charge in [-0.05, 0) is 78.8 Å². The Labute approximate surface area is 324 Å². The fourth-order valence-electron chi connectivity index (χ4n) is 9.63. The quantitative estimate of drug-likeness (QED) is 0.119. The first-order valence-corrected chi connectivity index (χ1v) is 19.4. The average molecular weight is 745 g/mol. The molecular formula is C44H44N10O2. The van der Waals surface area contributed by atoms with E-state index in [1.807, 2.05) is 30.6 Å². The topological polar surface area (TPSA) is 168 Å². The molecule has 10 rings (SSSR count). The molecule has 2 aliphatic heterocycles. The molecule has 0 saturated carbocycles. The normalized spacial score (nSPS) is 18.0. The lowest BCUT2D eigenvalue weighted by molar-refractivity contribution is 0.171. The van der Waals surface area contributed by atoms with E-state index in [1.165, 1.54) is 11.1 Å². The SMILES string of the molecule is NC(C(N)C1(c2cccc(-c3ccco3)c2)CCN(c2ncnc3[nH]ccc23)CC1)C1(c2cccc(-c3ccoc3)c2)CCN(c2ncnc3[nH]ccc23)CC1. The first-order chi connectivity index (χ1) is 27.5. The molecule has 0 spiro atoms. The van der Waals surface area contributed by atoms with Crippen LogP contribution in [-0.2, 0) is 10.8 Å². The van der Waals surface area contributed by atoms with Crippen LogP contribution in [0.5, 0.6) is 0 Å². The van der Waals surface area contributed by atoms with Crippen LogP contribution in [0.4, 0.5) is 11.6 Å². The van der Waals surface area contributed by atoms with Crippen LogP contribution in [0.15, 0.2) is 132 Å². The van der Waals surface area contributed by atoms with Crippen molar-refractivity contribution < 1.29 is 8.83 Å². The number of H-pyrrole nitrogens is 2. The summed E-state index contributed by atoms with van der Waals surface area (Å²) in [5, 5.41) is 2.04. The maximum absolute atomic E-state index is 7.83. The fourth-order valence-corrected chi connectivity index (χ4v) is 9.63. The van der Waals surface area contributed by atoms with E-state index in [4.69, 9.17) is 30.3 Å². The second-order valence-corrected chi connectivity index (χ2v) is 15.4. The molecular weight excluding hydrogens is 701 g/mol. The van der Waals surface area contributed by atoms with Crippen molar-refractivity contribution in [3.8, 4) is 22.5 Å². The number of fused-ring (bicyclic) bond motifs is 2. The summed E-state index contributed by atoms with van der Waals surface area (Å²) in [7, 11) is 0. The molecule has 56 heavy (non-hydrogen) atoms. The van der Waals surface area contributed by atoms with E-state index in [9.17, 15) is 0 Å². The van der Waals surface area contributed by atoms with Crippen LogP contribution in [0.1, 0.15) is 36.8 Å². The number of hydrogen-bond donors (Lipinski definition) is 4. The Balaban J connectivity index is 1.05. The molecule has 6 aromatic heterocycles. The molecule has 6 N–H and O–H groups in total. The third kappa shape index (κ3) is 5.67. The standard InChI is InChI=1S/C44H44N10O2/c45-37(43(32-6-1-4-29(24-32)31-11-23-55-26-31)12-18-53(19-13-43)41-34-9-16-47-39(34)49-27-51-41)38(46)44(33-7-2-5-30(25-33)36-8-3-22-56-36)14-20-54(21-15-44)42-35-10-17-48-40(35)50-28-52-42/h1-11,16-17,22-28,37-38H,12-15,18-21,45-46H2,(H,47,49,51)(H,48,50,52). The minimum absolute atomic E-state index is 0.392. The van der Waals surface area contributed by atoms with Gasteiger partial charge in [-0.1, -0.05) is 42.5 Å². The van der Waals surface area contributed by atoms with Crippen molar-refractivity contribution in [3.05, 3.63) is 134 Å². The van der Waals surface area contributed by atoms with Gasteiger partial charge >= 0.3 is 0 Å². The Hall–Kier alpha value is -6.24. The van der Waals surface area contributed by atoms with Gasteiger partial charge in [0.05, 0.1) is 29.6 Å². The van der Waals surface area contributed by atoms with E-state index in [2.05, 4.69) is 90.4 Å². The molecule has 0 amide bonds. The largest absolute Gasteiger partial charge is 0.472 e. The van der Waals surface area contributed by atoms with Crippen molar-refractivity contribution in [2.75, 3.05) is 36.0 Å². The zero-order valence-electron chi connectivity index (χ0n) is 31.0. The van der Waals surface area contributed by atoms with E-state index < -0.39 is 22.9 Å². The molecule has 2 unspecified atom stereocenters. The molecule has 282 valence electrons. The summed E-state index contributed by atoms with van der Waals surface area (Å²) in [5.41, 5.74) is 22.0. The highest BCUT2D eigenvalue weighted by Gasteiger charge is 2.52. The molecule has 0 aliphatic carbocycles. The van der Waals surface area contributed by atoms with E-state index in [-0.39, 0.29) is 0 Å². The first-order valence-electron chi connectivity index (χ1n) is 19.4. The van der Waals surface area contributed by atoms with Crippen LogP contribution in [-0.4, -0.2) is 68.2 Å². The van der Waals surface area contributed by atoms with Crippen molar-refractivity contribution in [1.82, 2.24) is 29.9 Å². The maximum Gasteiger partial charge on any atom is 0.142 e. The lowest BCUT2D eigenvalue weighted by Crippen LogP contribution is -2.67. The van der Waals surface area contributed by atoms with Gasteiger partial charge in [0.25, 0.3) is 0 Å². The summed E-state index contributed by atoms with van der Waals surface area (Å²) in [4.78, 5) is 29.6. The van der Waals surface area contributed by atoms with Crippen LogP contribution >= 0.6 is 0 Å². The van der Waals surface area contributed by atoms with Crippen LogP contribution in [0.2, 0.25) is 0 Å². The van der Waals surface area contributed by atoms with Crippen molar-refractivity contribution >= 4 is 33.7 Å². The van der Waals surface area contributed by atoms with Gasteiger partial charge in [-0.15, -0.1) is 0 Å². The summed E-state index contributed by atoms with van der Waals surface area (Å²) >= 11 is 0. The summed E-state index contributed by atoms with van der Waals surface area (Å²) in [6.45, 7) is 3.06. The van der Waals surface area contributed by atoms with Gasteiger partial charge < -0.3 is 40.1 Å². The van der Waals surface area contributed by atoms with Crippen molar-refractivity contribution in [2.24, 2.45) is 11.5 Å². The summed E-state index contributed by atoms with van der Waals surface area (Å²) < 4.78 is 11.4. The van der Waals surface area contributed by atoms with Gasteiger partial charge in [-0.25, -0.2) is 19.9 Å². The van der Waals surface area contributed by atoms with E-state index in [0.29, 0.717) is 0 Å². The highest BCUT2D eigenvalue weighted by atomic mass is 16.3. The van der Waals surface area contributed by atoms with Gasteiger partial charge in [0.2, 0.25) is 0 Å². The number of nitrogens with two attached hydrogens (primary N) is 2. The molecule has 2 fully saturated rings. The Morgan fingerprint density at radius 3 is 1.66 bits per heavy atom. The second-order valence-electron chi connectivity index (χ2n) is 15.4. The van der Waals surface area contributed by atoms with E-state index in [0.717, 1.165) is 108 Å². The molecule has 0 bridgehead atoms. The first kappa shape index (κ1) is 34.3. The molecule has 0 radical (unpaired) electrons. The third-order valence-electron chi connectivity index (χ3n) is 12.8. The Morgan fingerprint density at radius 1 is 0.589 bits per heavy atom. The monoisotopic (exact) mass is 744 g/mol. The van der Waals surface area contributed by atoms with Gasteiger partial charge in [0.1, 0.15) is 41.3 Å². The lowest BCUT2D eigenvalue weighted by atomic mass is 9.58. The predicted octanol–water partition coefficient (Wildman–Crippen LogP) is 7.18. The second kappa shape index (κ2) is 13.8. The van der Waals surface area contributed by atoms with E-state index >= 15 is 0 Å². The average Bonchev–Trinajstić information content (AvgIpc) is 4.11. The van der Waals surface area contributed by atoms with Crippen LogP contribution in [0.25, 0.3) is 44.5 Å². The van der Waals surface area contributed by atoms with Gasteiger partial charge in [-0.3, -0.25) is 0 Å². The highest BCUT2D eigenvalue weighted by Crippen LogP contribution is 2.48. The molecule has 2 aromatic carbocycles. The number of hydrogen-bond acceptors (Lipinski definition) is 10. The molecule has 8 heterocycles. The molecule has 2 saturated heterocycles. The summed E-state index contributed by atoms with van der Waals surface area (Å²) in [5.74, 6) is 2.71. The van der Waals surface area contributed by atoms with Gasteiger partial charge in [0, 0.05) is 72.6 Å². The minimum atomic E-state index is -0.445. The highest BCUT2D eigenvalue weighted by molar-refractivity contribution is 5.88. The maximum atomic E-state index is 7.83. The Morgan fingerprint density at radius 2 is 1.14 bits per heavy atom. The Bertz CT molecular complexity index is 2400. The number of rotatable bonds is 9. The van der Waals surface area contributed by atoms with Gasteiger partial charge in [0.15, 0.2) is 0 Å². The number of aromatic nitrogens is 6. The van der Waals surface area contributed by atoms with Crippen molar-refractivity contribution in [3.63, 3.8) is 0 Å². The molecule has 2 aliphatic rings. The number of furan rings is 2. The number of nitrogens with one attached hydrogen (secondary N) is 2. The summed E-state index contributed by atoms with van der Waals surface area (Å²) in [6.07, 6.45) is 15.5. The molecule has 8 aromatic rings. The smallest absolute Gasteiger partial charge is 0.142 e. The molecule has 12 nitrogen and oxygen atoms in total. The van der Waals surface area contributed by atoms with Gasteiger partial charge in [-0.2, -0.15) is 0 Å². The van der Waals surface area contributed by atoms with Crippen LogP contribution in [0.3, 0.4) is 0 Å². The number of nitrogens with zero attached hydrogens (tertiary/aromatic N) is 6. The molecule has 2 atom stereocenters. The number of piperidine rings is 2. The third-order valence-corrected chi connectivity index (χ3v) is 12.8. The number of benzene rings is 2. The summed E-state index contributed by atoms with van der Waals surface area (Å²) in [6, 6.07) is 26.8. The minimum Gasteiger partial charge on any atom is -0.472 e. The van der Waals surface area contributed by atoms with Crippen molar-refractivity contribution in [2.45, 2.75) is 48.6 Å². The number of aromatic amines is 2. The van der Waals surface area contributed by atoms with E-state index in [1.54, 1.807) is 31.4 Å². The predicted molar refractivity (Wildman–Crippen MR) is 218 cm³/mol. The Kier molecular flexibility index (Phi) is 8.45. The number of anilines is 2. The zero-order chi connectivity index (χ0) is 37.7.